The van der Waals surface area contributed by atoms with Gasteiger partial charge < -0.3 is 4.90 Å². The summed E-state index contributed by atoms with van der Waals surface area (Å²) in [6, 6.07) is 19.3. The molecule has 0 aromatic heterocycles. The molecule has 33 heavy (non-hydrogen) atoms. The number of nitro groups is 1. The summed E-state index contributed by atoms with van der Waals surface area (Å²) in [6.45, 7) is 1.92. The maximum absolute atomic E-state index is 13.1. The van der Waals surface area contributed by atoms with E-state index in [-0.39, 0.29) is 34.8 Å². The summed E-state index contributed by atoms with van der Waals surface area (Å²) >= 11 is 0. The Bertz CT molecular complexity index is 1270. The van der Waals surface area contributed by atoms with Crippen LogP contribution in [0.25, 0.3) is 0 Å². The minimum Gasteiger partial charge on any atom is -0.335 e. The topological polar surface area (TPSA) is 101 Å². The largest absolute Gasteiger partial charge is 0.335 e. The lowest BCUT2D eigenvalue weighted by Crippen LogP contribution is -2.30. The first kappa shape index (κ1) is 21.9. The lowest BCUT2D eigenvalue weighted by atomic mass is 10.0. The van der Waals surface area contributed by atoms with Gasteiger partial charge in [0.2, 0.25) is 0 Å². The molecule has 166 valence electrons. The van der Waals surface area contributed by atoms with Crippen LogP contribution in [0.4, 0.5) is 5.69 Å². The zero-order valence-electron chi connectivity index (χ0n) is 18.1. The van der Waals surface area contributed by atoms with Gasteiger partial charge in [-0.1, -0.05) is 42.5 Å². The van der Waals surface area contributed by atoms with E-state index in [2.05, 4.69) is 0 Å². The number of amides is 3. The molecule has 1 aliphatic rings. The Morgan fingerprint density at radius 1 is 0.970 bits per heavy atom. The maximum atomic E-state index is 13.1. The van der Waals surface area contributed by atoms with Gasteiger partial charge in [-0.3, -0.25) is 29.4 Å². The maximum Gasteiger partial charge on any atom is 0.269 e. The third-order valence-corrected chi connectivity index (χ3v) is 5.87. The number of fused-ring (bicyclic) bond motifs is 1. The molecule has 1 atom stereocenters. The zero-order chi connectivity index (χ0) is 23.7. The molecule has 0 aliphatic carbocycles. The fraction of sp³-hybridized carbons (Fsp3) is 0.160. The van der Waals surface area contributed by atoms with Gasteiger partial charge in [-0.2, -0.15) is 0 Å². The van der Waals surface area contributed by atoms with Crippen LogP contribution in [0.3, 0.4) is 0 Å². The van der Waals surface area contributed by atoms with Crippen LogP contribution in [0.15, 0.2) is 72.8 Å². The molecule has 1 heterocycles. The van der Waals surface area contributed by atoms with Crippen LogP contribution < -0.4 is 0 Å². The Hall–Kier alpha value is -4.33. The minimum atomic E-state index is -0.484. The molecule has 0 N–H and O–H groups in total. The molecule has 0 radical (unpaired) electrons. The quantitative estimate of drug-likeness (QED) is 0.322. The third-order valence-electron chi connectivity index (χ3n) is 5.87. The Morgan fingerprint density at radius 3 is 2.36 bits per heavy atom. The van der Waals surface area contributed by atoms with Crippen LogP contribution >= 0.6 is 0 Å². The number of hydrogen-bond acceptors (Lipinski definition) is 5. The zero-order valence-corrected chi connectivity index (χ0v) is 18.1. The van der Waals surface area contributed by atoms with E-state index in [9.17, 15) is 24.5 Å². The van der Waals surface area contributed by atoms with Gasteiger partial charge in [-0.25, -0.2) is 0 Å². The van der Waals surface area contributed by atoms with Crippen LogP contribution in [0.1, 0.15) is 55.2 Å². The molecule has 0 fully saturated rings. The molecule has 0 bridgehead atoms. The van der Waals surface area contributed by atoms with Gasteiger partial charge in [0.25, 0.3) is 23.4 Å². The van der Waals surface area contributed by atoms with Crippen LogP contribution in [0.5, 0.6) is 0 Å². The lowest BCUT2D eigenvalue weighted by Gasteiger charge is -2.25. The van der Waals surface area contributed by atoms with Crippen LogP contribution in [-0.4, -0.2) is 39.5 Å². The predicted molar refractivity (Wildman–Crippen MR) is 121 cm³/mol. The molecule has 0 spiro atoms. The number of imide groups is 1. The van der Waals surface area contributed by atoms with Crippen molar-refractivity contribution in [1.29, 1.82) is 0 Å². The highest BCUT2D eigenvalue weighted by molar-refractivity contribution is 6.22. The van der Waals surface area contributed by atoms with E-state index in [4.69, 9.17) is 0 Å². The number of nitro benzene ring substituents is 1. The summed E-state index contributed by atoms with van der Waals surface area (Å²) in [5.74, 6) is -1.20. The predicted octanol–water partition coefficient (Wildman–Crippen LogP) is 4.22. The van der Waals surface area contributed by atoms with Gasteiger partial charge in [-0.05, 0) is 36.2 Å². The third kappa shape index (κ3) is 4.10. The van der Waals surface area contributed by atoms with Crippen molar-refractivity contribution in [3.8, 4) is 0 Å². The van der Waals surface area contributed by atoms with E-state index in [0.717, 1.165) is 5.56 Å². The molecule has 3 aromatic rings. The molecule has 8 nitrogen and oxygen atoms in total. The molecule has 8 heteroatoms. The van der Waals surface area contributed by atoms with Crippen molar-refractivity contribution in [3.05, 3.63) is 111 Å². The summed E-state index contributed by atoms with van der Waals surface area (Å²) in [5, 5.41) is 11.1. The average Bonchev–Trinajstić information content (AvgIpc) is 3.07. The monoisotopic (exact) mass is 443 g/mol. The Morgan fingerprint density at radius 2 is 1.67 bits per heavy atom. The molecule has 1 unspecified atom stereocenters. The van der Waals surface area contributed by atoms with E-state index in [1.54, 1.807) is 26.1 Å². The molecule has 4 rings (SSSR count). The first-order valence-corrected chi connectivity index (χ1v) is 10.3. The molecule has 3 amide bonds. The van der Waals surface area contributed by atoms with Crippen molar-refractivity contribution in [2.24, 2.45) is 0 Å². The summed E-state index contributed by atoms with van der Waals surface area (Å²) in [4.78, 5) is 52.0. The number of nitrogens with zero attached hydrogens (tertiary/aromatic N) is 3. The number of carbonyl (C=O) groups is 3. The number of hydrogen-bond donors (Lipinski definition) is 0. The fourth-order valence-corrected chi connectivity index (χ4v) is 3.83. The van der Waals surface area contributed by atoms with E-state index in [1.165, 1.54) is 40.1 Å². The Labute approximate surface area is 190 Å². The Kier molecular flexibility index (Phi) is 5.74. The van der Waals surface area contributed by atoms with Gasteiger partial charge in [0.05, 0.1) is 28.6 Å². The van der Waals surface area contributed by atoms with Crippen molar-refractivity contribution in [1.82, 2.24) is 9.80 Å². The minimum absolute atomic E-state index is 0.0552. The smallest absolute Gasteiger partial charge is 0.269 e. The molecular weight excluding hydrogens is 422 g/mol. The van der Waals surface area contributed by atoms with Crippen molar-refractivity contribution in [3.63, 3.8) is 0 Å². The summed E-state index contributed by atoms with van der Waals surface area (Å²) < 4.78 is 0. The average molecular weight is 443 g/mol. The van der Waals surface area contributed by atoms with Gasteiger partial charge in [0.15, 0.2) is 0 Å². The van der Waals surface area contributed by atoms with Gasteiger partial charge in [-0.15, -0.1) is 0 Å². The second-order valence-corrected chi connectivity index (χ2v) is 7.89. The normalized spacial score (nSPS) is 13.6. The van der Waals surface area contributed by atoms with Crippen molar-refractivity contribution in [2.45, 2.75) is 19.5 Å². The first-order chi connectivity index (χ1) is 15.8. The van der Waals surface area contributed by atoms with Crippen molar-refractivity contribution >= 4 is 23.4 Å². The molecule has 0 saturated heterocycles. The van der Waals surface area contributed by atoms with Crippen LogP contribution in [0.2, 0.25) is 0 Å². The van der Waals surface area contributed by atoms with E-state index >= 15 is 0 Å². The van der Waals surface area contributed by atoms with Crippen molar-refractivity contribution < 1.29 is 19.3 Å². The lowest BCUT2D eigenvalue weighted by molar-refractivity contribution is -0.384. The molecule has 0 saturated carbocycles. The summed E-state index contributed by atoms with van der Waals surface area (Å²) in [6.07, 6.45) is 0. The highest BCUT2D eigenvalue weighted by Gasteiger charge is 2.36. The number of benzene rings is 3. The summed E-state index contributed by atoms with van der Waals surface area (Å²) in [5.41, 5.74) is 2.10. The van der Waals surface area contributed by atoms with Crippen molar-refractivity contribution in [2.75, 3.05) is 7.05 Å². The van der Waals surface area contributed by atoms with E-state index in [1.807, 2.05) is 30.3 Å². The second kappa shape index (κ2) is 8.66. The van der Waals surface area contributed by atoms with Gasteiger partial charge >= 0.3 is 0 Å². The van der Waals surface area contributed by atoms with Gasteiger partial charge in [0.1, 0.15) is 0 Å². The molecular formula is C25H21N3O5. The molecule has 1 aliphatic heterocycles. The first-order valence-electron chi connectivity index (χ1n) is 10.3. The van der Waals surface area contributed by atoms with Crippen LogP contribution in [0, 0.1) is 10.1 Å². The number of non-ortho nitro benzene ring substituents is 1. The number of rotatable bonds is 6. The fourth-order valence-electron chi connectivity index (χ4n) is 3.83. The van der Waals surface area contributed by atoms with E-state index in [0.29, 0.717) is 5.56 Å². The van der Waals surface area contributed by atoms with E-state index < -0.39 is 22.8 Å². The number of carbonyl (C=O) groups excluding carboxylic acids is 3. The van der Waals surface area contributed by atoms with Gasteiger partial charge in [0, 0.05) is 24.7 Å². The van der Waals surface area contributed by atoms with Crippen LogP contribution in [-0.2, 0) is 6.54 Å². The standard InChI is InChI=1S/C25H21N3O5/c1-16(18-9-6-10-20(13-18)28(32)33)26(2)23(29)19-11-12-21-22(14-19)25(31)27(24(21)30)15-17-7-4-3-5-8-17/h3-14,16H,15H2,1-2H3. The summed E-state index contributed by atoms with van der Waals surface area (Å²) in [7, 11) is 1.59. The highest BCUT2D eigenvalue weighted by atomic mass is 16.6. The Balaban J connectivity index is 1.56. The molecule has 3 aromatic carbocycles. The SMILES string of the molecule is CC(c1cccc([N+](=O)[O-])c1)N(C)C(=O)c1ccc2c(c1)C(=O)N(Cc1ccccc1)C2=O. The highest BCUT2D eigenvalue weighted by Crippen LogP contribution is 2.28. The second-order valence-electron chi connectivity index (χ2n) is 7.89.